The Morgan fingerprint density at radius 1 is 1.43 bits per heavy atom. The number of aliphatic hydroxyl groups is 1. The summed E-state index contributed by atoms with van der Waals surface area (Å²) in [5.41, 5.74) is 1.93. The van der Waals surface area contributed by atoms with E-state index in [1.54, 1.807) is 17.6 Å². The van der Waals surface area contributed by atoms with Gasteiger partial charge in [-0.3, -0.25) is 9.36 Å². The summed E-state index contributed by atoms with van der Waals surface area (Å²) in [4.78, 5) is 24.6. The number of ether oxygens (including phenoxy) is 1. The first-order valence-electron chi connectivity index (χ1n) is 7.42. The number of cyclic esters (lactones) is 1. The second kappa shape index (κ2) is 6.41. The minimum Gasteiger partial charge on any atom is -0.458 e. The molecule has 2 heterocycles. The first-order valence-corrected chi connectivity index (χ1v) is 12.0. The molecule has 1 aromatic heterocycles. The van der Waals surface area contributed by atoms with Crippen LogP contribution in [0.5, 0.6) is 0 Å². The fourth-order valence-corrected chi connectivity index (χ4v) is 3.71. The van der Waals surface area contributed by atoms with Crippen molar-refractivity contribution in [1.82, 2.24) is 4.57 Å². The number of carbonyl (C=O) groups excluding carboxylic acids is 1. The van der Waals surface area contributed by atoms with Crippen LogP contribution in [0.25, 0.3) is 0 Å². The smallest absolute Gasteiger partial charge is 0.343 e. The molecular weight excluding hydrogens is 425 g/mol. The molecule has 0 spiro atoms. The van der Waals surface area contributed by atoms with Crippen molar-refractivity contribution in [3.05, 3.63) is 31.2 Å². The molecule has 0 unspecified atom stereocenters. The van der Waals surface area contributed by atoms with E-state index in [4.69, 9.17) is 4.74 Å². The van der Waals surface area contributed by atoms with Gasteiger partial charge < -0.3 is 9.84 Å². The van der Waals surface area contributed by atoms with Crippen LogP contribution in [-0.2, 0) is 28.3 Å². The normalized spacial score (nSPS) is 20.3. The number of fused-ring (bicyclic) bond motifs is 1. The summed E-state index contributed by atoms with van der Waals surface area (Å²) < 4.78 is 7.22. The first kappa shape index (κ1) is 18.2. The molecule has 1 aliphatic heterocycles. The number of rotatable bonds is 2. The van der Waals surface area contributed by atoms with Crippen LogP contribution in [-0.4, -0.2) is 23.7 Å². The molecule has 0 aliphatic carbocycles. The molecule has 0 aromatic carbocycles. The molecule has 0 fully saturated rings. The van der Waals surface area contributed by atoms with Crippen molar-refractivity contribution in [2.45, 2.75) is 51.7 Å². The summed E-state index contributed by atoms with van der Waals surface area (Å²) in [6.07, 6.45) is 0.161. The Morgan fingerprint density at radius 3 is 2.65 bits per heavy atom. The highest BCUT2D eigenvalue weighted by atomic mass is 127. The summed E-state index contributed by atoms with van der Waals surface area (Å²) in [7, 11) is -1.50. The molecule has 124 valence electrons. The molecule has 5 nitrogen and oxygen atoms in total. The van der Waals surface area contributed by atoms with E-state index in [-0.39, 0.29) is 18.6 Å². The maximum absolute atomic E-state index is 12.7. The van der Waals surface area contributed by atoms with Crippen molar-refractivity contribution in [3.8, 4) is 11.5 Å². The number of aromatic nitrogens is 1. The molecule has 2 rings (SSSR count). The van der Waals surface area contributed by atoms with E-state index in [2.05, 4.69) is 31.1 Å². The first-order chi connectivity index (χ1) is 10.6. The number of esters is 1. The van der Waals surface area contributed by atoms with Gasteiger partial charge in [0.2, 0.25) is 0 Å². The third-order valence-corrected chi connectivity index (χ3v) is 5.51. The third-order valence-electron chi connectivity index (χ3n) is 3.69. The maximum atomic E-state index is 12.7. The van der Waals surface area contributed by atoms with Gasteiger partial charge in [0.25, 0.3) is 5.56 Å². The number of carbonyl (C=O) groups is 1. The van der Waals surface area contributed by atoms with Gasteiger partial charge >= 0.3 is 5.97 Å². The van der Waals surface area contributed by atoms with E-state index in [9.17, 15) is 14.7 Å². The SMILES string of the molecule is CC[C@@]1(O)C(=O)OCc2c1cc(I)n(CC#C[Si](C)(C)C)c2=O. The van der Waals surface area contributed by atoms with Crippen LogP contribution in [0.1, 0.15) is 24.5 Å². The minimum atomic E-state index is -1.74. The Bertz CT molecular complexity index is 769. The lowest BCUT2D eigenvalue weighted by molar-refractivity contribution is -0.172. The Kier molecular flexibility index (Phi) is 5.08. The fourth-order valence-electron chi connectivity index (χ4n) is 2.40. The zero-order valence-corrected chi connectivity index (χ0v) is 16.9. The van der Waals surface area contributed by atoms with E-state index in [0.717, 1.165) is 0 Å². The highest BCUT2D eigenvalue weighted by Gasteiger charge is 2.44. The molecule has 7 heteroatoms. The van der Waals surface area contributed by atoms with Gasteiger partial charge in [0.1, 0.15) is 14.7 Å². The van der Waals surface area contributed by atoms with Crippen molar-refractivity contribution in [3.63, 3.8) is 0 Å². The number of halogens is 1. The lowest BCUT2D eigenvalue weighted by Crippen LogP contribution is -2.44. The molecule has 1 aromatic rings. The molecule has 1 N–H and O–H groups in total. The predicted molar refractivity (Wildman–Crippen MR) is 98.5 cm³/mol. The number of hydrogen-bond donors (Lipinski definition) is 1. The van der Waals surface area contributed by atoms with Gasteiger partial charge in [-0.2, -0.15) is 0 Å². The molecule has 1 aliphatic rings. The van der Waals surface area contributed by atoms with Crippen LogP contribution in [0, 0.1) is 15.2 Å². The van der Waals surface area contributed by atoms with Crippen LogP contribution in [0.15, 0.2) is 10.9 Å². The highest BCUT2D eigenvalue weighted by molar-refractivity contribution is 14.1. The van der Waals surface area contributed by atoms with Gasteiger partial charge in [-0.15, -0.1) is 5.54 Å². The highest BCUT2D eigenvalue weighted by Crippen LogP contribution is 2.33. The van der Waals surface area contributed by atoms with Gasteiger partial charge in [-0.1, -0.05) is 32.5 Å². The average molecular weight is 445 g/mol. The maximum Gasteiger partial charge on any atom is 0.343 e. The molecule has 0 amide bonds. The molecule has 0 saturated carbocycles. The van der Waals surface area contributed by atoms with Gasteiger partial charge in [0, 0.05) is 5.56 Å². The van der Waals surface area contributed by atoms with E-state index in [0.29, 0.717) is 21.4 Å². The van der Waals surface area contributed by atoms with Crippen molar-refractivity contribution >= 4 is 36.6 Å². The molecule has 0 radical (unpaired) electrons. The molecule has 0 bridgehead atoms. The number of pyridine rings is 1. The summed E-state index contributed by atoms with van der Waals surface area (Å²) in [5, 5.41) is 10.6. The van der Waals surface area contributed by atoms with E-state index < -0.39 is 19.6 Å². The quantitative estimate of drug-likeness (QED) is 0.249. The van der Waals surface area contributed by atoms with Gasteiger partial charge in [0.15, 0.2) is 5.60 Å². The standard InChI is InChI=1S/C16H20INO4Si/c1-5-16(21)12-9-13(17)18(7-6-8-23(2,3)4)14(19)11(12)10-22-15(16)20/h9,21H,5,7,10H2,1-4H3/t16-/m0/s1. The second-order valence-electron chi connectivity index (χ2n) is 6.59. The van der Waals surface area contributed by atoms with Crippen molar-refractivity contribution in [1.29, 1.82) is 0 Å². The van der Waals surface area contributed by atoms with Crippen LogP contribution in [0.2, 0.25) is 19.6 Å². The summed E-state index contributed by atoms with van der Waals surface area (Å²) in [6.45, 7) is 8.30. The van der Waals surface area contributed by atoms with Gasteiger partial charge in [-0.05, 0) is 35.1 Å². The number of nitrogens with zero attached hydrogens (tertiary/aromatic N) is 1. The topological polar surface area (TPSA) is 68.5 Å². The van der Waals surface area contributed by atoms with Crippen LogP contribution >= 0.6 is 22.6 Å². The van der Waals surface area contributed by atoms with E-state index in [1.807, 2.05) is 22.6 Å². The summed E-state index contributed by atoms with van der Waals surface area (Å²) in [6, 6.07) is 1.69. The molecular formula is C16H20INO4Si. The molecule has 23 heavy (non-hydrogen) atoms. The Morgan fingerprint density at radius 2 is 2.09 bits per heavy atom. The Balaban J connectivity index is 2.53. The largest absolute Gasteiger partial charge is 0.458 e. The summed E-state index contributed by atoms with van der Waals surface area (Å²) in [5.74, 6) is 2.38. The van der Waals surface area contributed by atoms with Crippen molar-refractivity contribution in [2.75, 3.05) is 0 Å². The van der Waals surface area contributed by atoms with Gasteiger partial charge in [-0.25, -0.2) is 4.79 Å². The minimum absolute atomic E-state index is 0.103. The monoisotopic (exact) mass is 445 g/mol. The lowest BCUT2D eigenvalue weighted by Gasteiger charge is -2.31. The second-order valence-corrected chi connectivity index (χ2v) is 12.4. The predicted octanol–water partition coefficient (Wildman–Crippen LogP) is 1.99. The summed E-state index contributed by atoms with van der Waals surface area (Å²) >= 11 is 2.04. The van der Waals surface area contributed by atoms with E-state index >= 15 is 0 Å². The lowest BCUT2D eigenvalue weighted by atomic mass is 9.87. The molecule has 0 saturated heterocycles. The molecule has 1 atom stereocenters. The zero-order chi connectivity index (χ0) is 17.4. The van der Waals surface area contributed by atoms with Crippen molar-refractivity contribution < 1.29 is 14.6 Å². The van der Waals surface area contributed by atoms with Crippen LogP contribution in [0.4, 0.5) is 0 Å². The number of hydrogen-bond acceptors (Lipinski definition) is 4. The van der Waals surface area contributed by atoms with Crippen molar-refractivity contribution in [2.24, 2.45) is 0 Å². The van der Waals surface area contributed by atoms with E-state index in [1.165, 1.54) is 0 Å². The zero-order valence-electron chi connectivity index (χ0n) is 13.7. The average Bonchev–Trinajstić information content (AvgIpc) is 2.46. The van der Waals surface area contributed by atoms with Gasteiger partial charge in [0.05, 0.1) is 15.8 Å². The third kappa shape index (κ3) is 3.54. The fraction of sp³-hybridized carbons (Fsp3) is 0.500. The van der Waals surface area contributed by atoms with Crippen LogP contribution in [0.3, 0.4) is 0 Å². The Labute approximate surface area is 150 Å². The Hall–Kier alpha value is -1.11. The van der Waals surface area contributed by atoms with Crippen LogP contribution < -0.4 is 5.56 Å².